The summed E-state index contributed by atoms with van der Waals surface area (Å²) in [4.78, 5) is 18.3. The standard InChI is InChI=1S/C25H32N7P/c1-6-21(16-26-4)28-12-11-27-18(3)19-9-8-10-22(13-19)31-25(33-5)20-14-23-24(29-15-20)30-17-32(23)7-2/h6,8-15,17-18,26-27,33H,1,7,16H2,2-5H3. The smallest absolute Gasteiger partial charge is 0.177 e. The molecule has 1 aromatic carbocycles. The second-order valence-electron chi connectivity index (χ2n) is 7.46. The number of aryl methyl sites for hydroxylation is 1. The second kappa shape index (κ2) is 12.2. The van der Waals surface area contributed by atoms with Crippen LogP contribution in [-0.4, -0.2) is 46.0 Å². The van der Waals surface area contributed by atoms with E-state index >= 15 is 0 Å². The van der Waals surface area contributed by atoms with Crippen molar-refractivity contribution < 1.29 is 0 Å². The number of pyridine rings is 1. The minimum atomic E-state index is 0.118. The van der Waals surface area contributed by atoms with Gasteiger partial charge in [0.05, 0.1) is 28.7 Å². The van der Waals surface area contributed by atoms with Gasteiger partial charge in [0.15, 0.2) is 5.65 Å². The summed E-state index contributed by atoms with van der Waals surface area (Å²) >= 11 is 0. The van der Waals surface area contributed by atoms with Gasteiger partial charge >= 0.3 is 0 Å². The van der Waals surface area contributed by atoms with Gasteiger partial charge in [-0.25, -0.2) is 15.0 Å². The van der Waals surface area contributed by atoms with Crippen LogP contribution in [0.4, 0.5) is 5.69 Å². The van der Waals surface area contributed by atoms with E-state index in [1.165, 1.54) is 0 Å². The highest BCUT2D eigenvalue weighted by molar-refractivity contribution is 7.58. The van der Waals surface area contributed by atoms with Crippen LogP contribution in [0.2, 0.25) is 0 Å². The van der Waals surface area contributed by atoms with Gasteiger partial charge in [-0.1, -0.05) is 27.3 Å². The average Bonchev–Trinajstić information content (AvgIpc) is 3.26. The van der Waals surface area contributed by atoms with E-state index in [2.05, 4.69) is 75.5 Å². The van der Waals surface area contributed by atoms with Gasteiger partial charge in [0.25, 0.3) is 0 Å². The Kier molecular flexibility index (Phi) is 9.04. The normalized spacial score (nSPS) is 13.9. The van der Waals surface area contributed by atoms with Crippen LogP contribution in [0.3, 0.4) is 0 Å². The van der Waals surface area contributed by atoms with Crippen molar-refractivity contribution in [2.45, 2.75) is 26.4 Å². The number of hydrogen-bond acceptors (Lipinski definition) is 6. The maximum absolute atomic E-state index is 4.96. The van der Waals surface area contributed by atoms with Crippen molar-refractivity contribution in [3.8, 4) is 0 Å². The topological polar surface area (TPSA) is 79.5 Å². The van der Waals surface area contributed by atoms with E-state index in [0.717, 1.165) is 45.7 Å². The zero-order chi connectivity index (χ0) is 23.6. The third-order valence-corrected chi connectivity index (χ3v) is 6.07. The number of fused-ring (bicyclic) bond motifs is 1. The molecule has 7 nitrogen and oxygen atoms in total. The Labute approximate surface area is 197 Å². The van der Waals surface area contributed by atoms with E-state index in [9.17, 15) is 0 Å². The van der Waals surface area contributed by atoms with Crippen LogP contribution in [0.1, 0.15) is 31.0 Å². The first-order valence-corrected chi connectivity index (χ1v) is 12.5. The van der Waals surface area contributed by atoms with E-state index in [1.54, 1.807) is 12.3 Å². The van der Waals surface area contributed by atoms with Crippen molar-refractivity contribution in [3.63, 3.8) is 0 Å². The molecule has 2 N–H and O–H groups in total. The quantitative estimate of drug-likeness (QED) is 0.317. The van der Waals surface area contributed by atoms with Crippen LogP contribution in [0, 0.1) is 0 Å². The van der Waals surface area contributed by atoms with E-state index < -0.39 is 0 Å². The Hall–Kier alpha value is -3.15. The number of rotatable bonds is 11. The molecule has 172 valence electrons. The molecule has 0 aliphatic rings. The molecule has 2 atom stereocenters. The van der Waals surface area contributed by atoms with E-state index in [4.69, 9.17) is 4.99 Å². The molecule has 0 fully saturated rings. The first-order chi connectivity index (χ1) is 16.1. The molecule has 0 radical (unpaired) electrons. The number of benzene rings is 1. The molecule has 2 unspecified atom stereocenters. The minimum Gasteiger partial charge on any atom is -0.383 e. The Morgan fingerprint density at radius 2 is 2.15 bits per heavy atom. The molecule has 33 heavy (non-hydrogen) atoms. The van der Waals surface area contributed by atoms with E-state index in [-0.39, 0.29) is 6.04 Å². The minimum absolute atomic E-state index is 0.118. The molecular formula is C25H32N7P. The van der Waals surface area contributed by atoms with Crippen LogP contribution in [0.5, 0.6) is 0 Å². The van der Waals surface area contributed by atoms with Crippen molar-refractivity contribution >= 4 is 36.6 Å². The Balaban J connectivity index is 1.78. The molecule has 0 aliphatic carbocycles. The molecule has 3 rings (SSSR count). The summed E-state index contributed by atoms with van der Waals surface area (Å²) in [5, 5.41) is 6.44. The number of hydrogen-bond donors (Lipinski definition) is 2. The predicted octanol–water partition coefficient (Wildman–Crippen LogP) is 4.81. The van der Waals surface area contributed by atoms with Gasteiger partial charge in [-0.05, 0) is 57.4 Å². The van der Waals surface area contributed by atoms with Crippen LogP contribution in [0.25, 0.3) is 11.2 Å². The highest BCUT2D eigenvalue weighted by Crippen LogP contribution is 2.26. The molecule has 2 aromatic heterocycles. The fraction of sp³-hybridized carbons (Fsp3) is 0.280. The average molecular weight is 462 g/mol. The van der Waals surface area contributed by atoms with Gasteiger partial charge in [-0.15, -0.1) is 0 Å². The number of aliphatic imine (C=N–C) groups is 2. The maximum Gasteiger partial charge on any atom is 0.177 e. The highest BCUT2D eigenvalue weighted by Gasteiger charge is 2.09. The Bertz CT molecular complexity index is 1180. The van der Waals surface area contributed by atoms with Crippen molar-refractivity contribution in [1.82, 2.24) is 25.2 Å². The highest BCUT2D eigenvalue weighted by atomic mass is 31.1. The van der Waals surface area contributed by atoms with Crippen molar-refractivity contribution in [3.05, 3.63) is 79.0 Å². The molecule has 0 saturated heterocycles. The zero-order valence-electron chi connectivity index (χ0n) is 19.7. The molecule has 3 aromatic rings. The molecule has 0 amide bonds. The molecule has 0 spiro atoms. The van der Waals surface area contributed by atoms with Crippen molar-refractivity contribution in [2.24, 2.45) is 9.98 Å². The predicted molar refractivity (Wildman–Crippen MR) is 142 cm³/mol. The summed E-state index contributed by atoms with van der Waals surface area (Å²) in [5.41, 5.74) is 6.85. The molecule has 8 heteroatoms. The van der Waals surface area contributed by atoms with Gasteiger partial charge in [0, 0.05) is 43.3 Å². The fourth-order valence-electron chi connectivity index (χ4n) is 3.35. The summed E-state index contributed by atoms with van der Waals surface area (Å²) < 4.78 is 2.10. The van der Waals surface area contributed by atoms with E-state index in [1.807, 2.05) is 37.9 Å². The third-order valence-electron chi connectivity index (χ3n) is 5.19. The lowest BCUT2D eigenvalue weighted by atomic mass is 10.1. The molecule has 2 heterocycles. The summed E-state index contributed by atoms with van der Waals surface area (Å²) in [5.74, 6) is 0. The SMILES string of the molecule is C=CC(CNC)=NC=CNC(C)c1cccc(N=C(PC)c2cnc3ncn(CC)c3c2)c1. The summed E-state index contributed by atoms with van der Waals surface area (Å²) in [7, 11) is 2.43. The van der Waals surface area contributed by atoms with Crippen LogP contribution in [-0.2, 0) is 6.54 Å². The zero-order valence-corrected chi connectivity index (χ0v) is 20.7. The monoisotopic (exact) mass is 461 g/mol. The van der Waals surface area contributed by atoms with Gasteiger partial charge < -0.3 is 15.2 Å². The van der Waals surface area contributed by atoms with Crippen molar-refractivity contribution in [1.29, 1.82) is 0 Å². The maximum atomic E-state index is 4.96. The van der Waals surface area contributed by atoms with Gasteiger partial charge in [0.2, 0.25) is 0 Å². The lowest BCUT2D eigenvalue weighted by molar-refractivity contribution is 0.685. The van der Waals surface area contributed by atoms with Crippen molar-refractivity contribution in [2.75, 3.05) is 20.3 Å². The van der Waals surface area contributed by atoms with Gasteiger partial charge in [-0.2, -0.15) is 0 Å². The Morgan fingerprint density at radius 1 is 1.30 bits per heavy atom. The number of imidazole rings is 1. The summed E-state index contributed by atoms with van der Waals surface area (Å²) in [6, 6.07) is 10.6. The molecular weight excluding hydrogens is 429 g/mol. The Morgan fingerprint density at radius 3 is 2.88 bits per heavy atom. The molecule has 0 saturated carbocycles. The lowest BCUT2D eigenvalue weighted by Gasteiger charge is -2.13. The van der Waals surface area contributed by atoms with E-state index in [0.29, 0.717) is 15.1 Å². The summed E-state index contributed by atoms with van der Waals surface area (Å²) in [6.45, 7) is 11.7. The van der Waals surface area contributed by atoms with Crippen LogP contribution >= 0.6 is 8.58 Å². The fourth-order valence-corrected chi connectivity index (χ4v) is 4.02. The lowest BCUT2D eigenvalue weighted by Crippen LogP contribution is -2.16. The largest absolute Gasteiger partial charge is 0.383 e. The molecule has 0 aliphatic heterocycles. The number of nitrogens with one attached hydrogen (secondary N) is 2. The van der Waals surface area contributed by atoms with Crippen LogP contribution in [0.15, 0.2) is 77.9 Å². The number of aromatic nitrogens is 3. The van der Waals surface area contributed by atoms with Crippen LogP contribution < -0.4 is 10.6 Å². The summed E-state index contributed by atoms with van der Waals surface area (Å²) in [6.07, 6.45) is 9.07. The second-order valence-corrected chi connectivity index (χ2v) is 8.44. The van der Waals surface area contributed by atoms with Gasteiger partial charge in [-0.3, -0.25) is 4.99 Å². The first-order valence-electron chi connectivity index (χ1n) is 11.0. The molecule has 0 bridgehead atoms. The van der Waals surface area contributed by atoms with Gasteiger partial charge in [0.1, 0.15) is 0 Å². The third kappa shape index (κ3) is 6.44. The first kappa shape index (κ1) is 24.5. The number of nitrogens with zero attached hydrogens (tertiary/aromatic N) is 5.